The molecule has 0 atom stereocenters. The Labute approximate surface area is 263 Å². The molecule has 0 radical (unpaired) electrons. The van der Waals surface area contributed by atoms with E-state index in [1.165, 1.54) is 23.5 Å². The van der Waals surface area contributed by atoms with E-state index in [4.69, 9.17) is 4.98 Å². The molecule has 1 aliphatic rings. The maximum atomic E-state index is 13.0. The molecule has 1 aromatic heterocycles. The number of alkyl halides is 3. The summed E-state index contributed by atoms with van der Waals surface area (Å²) in [7, 11) is 0. The van der Waals surface area contributed by atoms with Crippen molar-refractivity contribution in [2.45, 2.75) is 19.5 Å². The number of thiazole rings is 1. The van der Waals surface area contributed by atoms with Gasteiger partial charge in [0.1, 0.15) is 5.75 Å². The van der Waals surface area contributed by atoms with E-state index < -0.39 is 6.36 Å². The van der Waals surface area contributed by atoms with E-state index in [0.717, 1.165) is 46.2 Å². The standard InChI is InChI=1S/C35H31F3N4O2S/c36-35(37,38)44-31-8-4-5-26(21-31)23-42(22-25-9-11-30(12-10-25)33(43)41-19-17-39-18-20-41)34-40-32(24-45-34)29-15-13-28(14-16-29)27-6-2-1-3-7-27/h1-16,21,24,39H,17-20,22-23H2. The lowest BCUT2D eigenvalue weighted by molar-refractivity contribution is -0.274. The number of halogens is 3. The summed E-state index contributed by atoms with van der Waals surface area (Å²) in [6, 6.07) is 31.8. The second-order valence-corrected chi connectivity index (χ2v) is 11.6. The highest BCUT2D eigenvalue weighted by molar-refractivity contribution is 7.14. The number of piperazine rings is 1. The predicted octanol–water partition coefficient (Wildman–Crippen LogP) is 7.63. The molecule has 6 rings (SSSR count). The zero-order valence-electron chi connectivity index (χ0n) is 24.3. The van der Waals surface area contributed by atoms with Crippen LogP contribution in [0.2, 0.25) is 0 Å². The number of amides is 1. The Morgan fingerprint density at radius 1 is 0.822 bits per heavy atom. The zero-order valence-corrected chi connectivity index (χ0v) is 25.2. The van der Waals surface area contributed by atoms with Crippen LogP contribution in [0.3, 0.4) is 0 Å². The van der Waals surface area contributed by atoms with E-state index in [2.05, 4.69) is 34.3 Å². The smallest absolute Gasteiger partial charge is 0.406 e. The summed E-state index contributed by atoms with van der Waals surface area (Å²) in [6.07, 6.45) is -4.78. The number of carbonyl (C=O) groups is 1. The molecule has 1 fully saturated rings. The first-order valence-corrected chi connectivity index (χ1v) is 15.5. The van der Waals surface area contributed by atoms with Crippen molar-refractivity contribution >= 4 is 22.4 Å². The van der Waals surface area contributed by atoms with E-state index in [0.29, 0.717) is 37.3 Å². The third-order valence-corrected chi connectivity index (χ3v) is 8.44. The second kappa shape index (κ2) is 13.5. The fourth-order valence-electron chi connectivity index (χ4n) is 5.28. The molecule has 10 heteroatoms. The molecule has 0 aliphatic carbocycles. The van der Waals surface area contributed by atoms with E-state index in [9.17, 15) is 18.0 Å². The largest absolute Gasteiger partial charge is 0.573 e. The summed E-state index contributed by atoms with van der Waals surface area (Å²) >= 11 is 1.47. The molecule has 4 aromatic carbocycles. The number of hydrogen-bond acceptors (Lipinski definition) is 6. The average Bonchev–Trinajstić information content (AvgIpc) is 3.55. The molecule has 1 N–H and O–H groups in total. The van der Waals surface area contributed by atoms with Crippen LogP contribution < -0.4 is 15.0 Å². The third kappa shape index (κ3) is 7.89. The Balaban J connectivity index is 1.24. The van der Waals surface area contributed by atoms with E-state index in [1.807, 2.05) is 69.8 Å². The van der Waals surface area contributed by atoms with Crippen molar-refractivity contribution in [1.82, 2.24) is 15.2 Å². The molecule has 0 spiro atoms. The average molecular weight is 629 g/mol. The summed E-state index contributed by atoms with van der Waals surface area (Å²) in [5.41, 5.74) is 6.23. The number of hydrogen-bond donors (Lipinski definition) is 1. The van der Waals surface area contributed by atoms with Crippen LogP contribution in [0.4, 0.5) is 18.3 Å². The molecule has 230 valence electrons. The summed E-state index contributed by atoms with van der Waals surface area (Å²) in [5.74, 6) is -0.265. The van der Waals surface area contributed by atoms with Gasteiger partial charge in [-0.1, -0.05) is 78.9 Å². The zero-order chi connectivity index (χ0) is 31.2. The van der Waals surface area contributed by atoms with Crippen LogP contribution >= 0.6 is 11.3 Å². The van der Waals surface area contributed by atoms with Crippen LogP contribution in [0.25, 0.3) is 22.4 Å². The summed E-state index contributed by atoms with van der Waals surface area (Å²) < 4.78 is 42.9. The van der Waals surface area contributed by atoms with Gasteiger partial charge in [0.25, 0.3) is 5.91 Å². The molecule has 6 nitrogen and oxygen atoms in total. The Morgan fingerprint density at radius 3 is 2.20 bits per heavy atom. The Kier molecular flexibility index (Phi) is 9.13. The monoisotopic (exact) mass is 628 g/mol. The fraction of sp³-hybridized carbons (Fsp3) is 0.200. The number of anilines is 1. The van der Waals surface area contributed by atoms with Gasteiger partial charge in [0.05, 0.1) is 5.69 Å². The molecular formula is C35H31F3N4O2S. The first-order valence-electron chi connectivity index (χ1n) is 14.6. The lowest BCUT2D eigenvalue weighted by Crippen LogP contribution is -2.46. The third-order valence-electron chi connectivity index (χ3n) is 7.53. The van der Waals surface area contributed by atoms with Gasteiger partial charge in [0.15, 0.2) is 5.13 Å². The van der Waals surface area contributed by atoms with Crippen LogP contribution in [-0.2, 0) is 13.1 Å². The number of rotatable bonds is 9. The van der Waals surface area contributed by atoms with Crippen LogP contribution in [0.1, 0.15) is 21.5 Å². The highest BCUT2D eigenvalue weighted by Gasteiger charge is 2.31. The summed E-state index contributed by atoms with van der Waals surface area (Å²) in [5, 5.41) is 5.96. The molecule has 0 saturated carbocycles. The molecular weight excluding hydrogens is 597 g/mol. The first kappa shape index (κ1) is 30.4. The Morgan fingerprint density at radius 2 is 1.49 bits per heavy atom. The minimum absolute atomic E-state index is 0.00392. The number of nitrogens with one attached hydrogen (secondary N) is 1. The van der Waals surface area contributed by atoms with E-state index in [-0.39, 0.29) is 11.7 Å². The van der Waals surface area contributed by atoms with Crippen LogP contribution in [0.15, 0.2) is 109 Å². The molecule has 2 heterocycles. The summed E-state index contributed by atoms with van der Waals surface area (Å²) in [6.45, 7) is 3.64. The normalized spacial score (nSPS) is 13.4. The van der Waals surface area contributed by atoms with Gasteiger partial charge in [0, 0.05) is 55.8 Å². The van der Waals surface area contributed by atoms with Crippen molar-refractivity contribution < 1.29 is 22.7 Å². The van der Waals surface area contributed by atoms with Crippen molar-refractivity contribution in [2.75, 3.05) is 31.1 Å². The van der Waals surface area contributed by atoms with Crippen molar-refractivity contribution in [3.8, 4) is 28.1 Å². The highest BCUT2D eigenvalue weighted by Crippen LogP contribution is 2.32. The van der Waals surface area contributed by atoms with Crippen molar-refractivity contribution in [2.24, 2.45) is 0 Å². The number of aromatic nitrogens is 1. The Hall–Kier alpha value is -4.67. The van der Waals surface area contributed by atoms with Gasteiger partial charge in [-0.3, -0.25) is 4.79 Å². The molecule has 0 bridgehead atoms. The van der Waals surface area contributed by atoms with E-state index >= 15 is 0 Å². The van der Waals surface area contributed by atoms with Crippen molar-refractivity contribution in [3.63, 3.8) is 0 Å². The Bertz CT molecular complexity index is 1720. The molecule has 1 amide bonds. The van der Waals surface area contributed by atoms with Crippen LogP contribution in [0, 0.1) is 0 Å². The van der Waals surface area contributed by atoms with Crippen LogP contribution in [-0.4, -0.2) is 48.3 Å². The van der Waals surface area contributed by atoms with Crippen molar-refractivity contribution in [3.05, 3.63) is 125 Å². The molecule has 45 heavy (non-hydrogen) atoms. The van der Waals surface area contributed by atoms with Gasteiger partial charge in [0.2, 0.25) is 0 Å². The number of ether oxygens (including phenoxy) is 1. The maximum absolute atomic E-state index is 13.0. The minimum atomic E-state index is -4.78. The number of carbonyl (C=O) groups excluding carboxylic acids is 1. The van der Waals surface area contributed by atoms with Gasteiger partial charge < -0.3 is 19.9 Å². The first-order chi connectivity index (χ1) is 21.8. The fourth-order valence-corrected chi connectivity index (χ4v) is 6.12. The second-order valence-electron chi connectivity index (χ2n) is 10.7. The predicted molar refractivity (Wildman–Crippen MR) is 171 cm³/mol. The van der Waals surface area contributed by atoms with Gasteiger partial charge in [-0.2, -0.15) is 0 Å². The van der Waals surface area contributed by atoms with E-state index in [1.54, 1.807) is 12.1 Å². The SMILES string of the molecule is O=C(c1ccc(CN(Cc2cccc(OC(F)(F)F)c2)c2nc(-c3ccc(-c4ccccc4)cc3)cs2)cc1)N1CCNCC1. The van der Waals surface area contributed by atoms with Gasteiger partial charge in [-0.05, 0) is 46.5 Å². The van der Waals surface area contributed by atoms with Gasteiger partial charge >= 0.3 is 6.36 Å². The lowest BCUT2D eigenvalue weighted by atomic mass is 10.0. The lowest BCUT2D eigenvalue weighted by Gasteiger charge is -2.27. The maximum Gasteiger partial charge on any atom is 0.573 e. The molecule has 0 unspecified atom stereocenters. The van der Waals surface area contributed by atoms with Gasteiger partial charge in [-0.25, -0.2) is 4.98 Å². The summed E-state index contributed by atoms with van der Waals surface area (Å²) in [4.78, 5) is 21.7. The quantitative estimate of drug-likeness (QED) is 0.182. The topological polar surface area (TPSA) is 57.7 Å². The molecule has 1 aliphatic heterocycles. The van der Waals surface area contributed by atoms with Gasteiger partial charge in [-0.15, -0.1) is 24.5 Å². The van der Waals surface area contributed by atoms with Crippen LogP contribution in [0.5, 0.6) is 5.75 Å². The van der Waals surface area contributed by atoms with Crippen molar-refractivity contribution in [1.29, 1.82) is 0 Å². The number of nitrogens with zero attached hydrogens (tertiary/aromatic N) is 3. The number of benzene rings is 4. The minimum Gasteiger partial charge on any atom is -0.406 e. The molecule has 1 saturated heterocycles. The molecule has 5 aromatic rings. The highest BCUT2D eigenvalue weighted by atomic mass is 32.1.